The van der Waals surface area contributed by atoms with Crippen molar-refractivity contribution in [3.63, 3.8) is 0 Å². The van der Waals surface area contributed by atoms with Crippen molar-refractivity contribution in [2.45, 2.75) is 23.8 Å². The molecule has 2 rings (SSSR count). The zero-order valence-corrected chi connectivity index (χ0v) is 12.6. The van der Waals surface area contributed by atoms with Gasteiger partial charge in [0.25, 0.3) is 0 Å². The van der Waals surface area contributed by atoms with Crippen LogP contribution in [0.1, 0.15) is 12.8 Å². The van der Waals surface area contributed by atoms with E-state index in [2.05, 4.69) is 4.90 Å². The molecule has 18 heavy (non-hydrogen) atoms. The third-order valence-corrected chi connectivity index (χ3v) is 4.81. The molecule has 0 aliphatic carbocycles. The van der Waals surface area contributed by atoms with Gasteiger partial charge in [-0.25, -0.2) is 0 Å². The second-order valence-corrected chi connectivity index (χ2v) is 6.61. The number of hydrogen-bond acceptors (Lipinski definition) is 3. The van der Waals surface area contributed by atoms with Gasteiger partial charge in [-0.3, -0.25) is 0 Å². The topological polar surface area (TPSA) is 29.3 Å². The molecule has 1 heterocycles. The van der Waals surface area contributed by atoms with Crippen LogP contribution < -0.4 is 5.73 Å². The van der Waals surface area contributed by atoms with Gasteiger partial charge in [0, 0.05) is 34.8 Å². The summed E-state index contributed by atoms with van der Waals surface area (Å²) in [5, 5.41) is 1.52. The van der Waals surface area contributed by atoms with Crippen LogP contribution >= 0.6 is 35.0 Å². The molecule has 100 valence electrons. The first-order chi connectivity index (χ1) is 8.65. The predicted molar refractivity (Wildman–Crippen MR) is 80.8 cm³/mol. The Hall–Kier alpha value is 0.0700. The lowest BCUT2D eigenvalue weighted by Gasteiger charge is -2.30. The highest BCUT2D eigenvalue weighted by Crippen LogP contribution is 2.29. The third-order valence-electron chi connectivity index (χ3n) is 3.10. The number of nitrogens with two attached hydrogens (primary N) is 1. The molecule has 1 aromatic carbocycles. The predicted octanol–water partition coefficient (Wildman–Crippen LogP) is 3.51. The summed E-state index contributed by atoms with van der Waals surface area (Å²) in [5.41, 5.74) is 5.96. The number of likely N-dealkylation sites (tertiary alicyclic amines) is 1. The first kappa shape index (κ1) is 14.5. The van der Waals surface area contributed by atoms with Crippen molar-refractivity contribution in [2.75, 3.05) is 25.4 Å². The highest BCUT2D eigenvalue weighted by Gasteiger charge is 2.16. The zero-order valence-electron chi connectivity index (χ0n) is 10.2. The smallest absolute Gasteiger partial charge is 0.0542 e. The van der Waals surface area contributed by atoms with Crippen LogP contribution in [0.3, 0.4) is 0 Å². The Labute approximate surface area is 123 Å². The van der Waals surface area contributed by atoms with Gasteiger partial charge in [-0.1, -0.05) is 23.2 Å². The van der Waals surface area contributed by atoms with Gasteiger partial charge < -0.3 is 10.6 Å². The van der Waals surface area contributed by atoms with Crippen molar-refractivity contribution in [1.82, 2.24) is 4.90 Å². The summed E-state index contributed by atoms with van der Waals surface area (Å²) < 4.78 is 0. The lowest BCUT2D eigenvalue weighted by atomic mass is 10.1. The maximum Gasteiger partial charge on any atom is 0.0542 e. The van der Waals surface area contributed by atoms with Crippen LogP contribution in [0.15, 0.2) is 23.1 Å². The Kier molecular flexibility index (Phi) is 5.64. The summed E-state index contributed by atoms with van der Waals surface area (Å²) in [7, 11) is 0. The summed E-state index contributed by atoms with van der Waals surface area (Å²) >= 11 is 13.8. The Morgan fingerprint density at radius 1 is 1.39 bits per heavy atom. The molecule has 2 nitrogen and oxygen atoms in total. The number of halogens is 2. The number of hydrogen-bond donors (Lipinski definition) is 1. The van der Waals surface area contributed by atoms with Crippen LogP contribution in [0.25, 0.3) is 0 Å². The zero-order chi connectivity index (χ0) is 13.0. The van der Waals surface area contributed by atoms with E-state index in [0.717, 1.165) is 46.7 Å². The summed E-state index contributed by atoms with van der Waals surface area (Å²) in [6.45, 7) is 3.24. The average molecular weight is 305 g/mol. The van der Waals surface area contributed by atoms with Crippen molar-refractivity contribution in [3.05, 3.63) is 28.2 Å². The Balaban J connectivity index is 1.79. The van der Waals surface area contributed by atoms with E-state index in [0.29, 0.717) is 6.04 Å². The molecular weight excluding hydrogens is 287 g/mol. The molecule has 0 saturated carbocycles. The molecule has 1 fully saturated rings. The van der Waals surface area contributed by atoms with Crippen LogP contribution in [0, 0.1) is 0 Å². The first-order valence-corrected chi connectivity index (χ1v) is 7.95. The molecule has 1 aromatic rings. The van der Waals surface area contributed by atoms with E-state index in [1.807, 2.05) is 18.2 Å². The van der Waals surface area contributed by atoms with E-state index in [1.165, 1.54) is 6.42 Å². The highest BCUT2D eigenvalue weighted by atomic mass is 35.5. The number of benzene rings is 1. The normalized spacial score (nSPS) is 21.2. The summed E-state index contributed by atoms with van der Waals surface area (Å²) in [6.07, 6.45) is 2.37. The Morgan fingerprint density at radius 2 is 2.22 bits per heavy atom. The van der Waals surface area contributed by atoms with Crippen molar-refractivity contribution >= 4 is 35.0 Å². The molecule has 1 saturated heterocycles. The van der Waals surface area contributed by atoms with Crippen LogP contribution in [0.2, 0.25) is 10.0 Å². The van der Waals surface area contributed by atoms with Gasteiger partial charge in [-0.2, -0.15) is 0 Å². The summed E-state index contributed by atoms with van der Waals surface area (Å²) in [6, 6.07) is 5.94. The maximum atomic E-state index is 6.13. The molecule has 0 aromatic heterocycles. The van der Waals surface area contributed by atoms with Gasteiger partial charge in [0.1, 0.15) is 0 Å². The van der Waals surface area contributed by atoms with Gasteiger partial charge in [0.2, 0.25) is 0 Å². The molecule has 0 amide bonds. The molecule has 5 heteroatoms. The fourth-order valence-electron chi connectivity index (χ4n) is 2.17. The van der Waals surface area contributed by atoms with Crippen molar-refractivity contribution < 1.29 is 0 Å². The average Bonchev–Trinajstić information content (AvgIpc) is 2.34. The van der Waals surface area contributed by atoms with E-state index in [9.17, 15) is 0 Å². The van der Waals surface area contributed by atoms with Gasteiger partial charge in [0.05, 0.1) is 5.02 Å². The number of nitrogens with zero attached hydrogens (tertiary/aromatic N) is 1. The molecule has 0 bridgehead atoms. The lowest BCUT2D eigenvalue weighted by molar-refractivity contribution is 0.221. The third kappa shape index (κ3) is 4.32. The quantitative estimate of drug-likeness (QED) is 0.863. The summed E-state index contributed by atoms with van der Waals surface area (Å²) in [5.74, 6) is 1.02. The van der Waals surface area contributed by atoms with Crippen molar-refractivity contribution in [3.8, 4) is 0 Å². The van der Waals surface area contributed by atoms with Gasteiger partial charge in [0.15, 0.2) is 0 Å². The molecule has 1 aliphatic rings. The Bertz CT molecular complexity index is 401. The van der Waals surface area contributed by atoms with Gasteiger partial charge in [-0.05, 0) is 37.6 Å². The molecule has 0 radical (unpaired) electrons. The summed E-state index contributed by atoms with van der Waals surface area (Å²) in [4.78, 5) is 3.49. The minimum Gasteiger partial charge on any atom is -0.327 e. The van der Waals surface area contributed by atoms with E-state index >= 15 is 0 Å². The fourth-order valence-corrected chi connectivity index (χ4v) is 3.67. The van der Waals surface area contributed by atoms with Gasteiger partial charge >= 0.3 is 0 Å². The molecule has 1 aliphatic heterocycles. The molecule has 1 atom stereocenters. The minimum absolute atomic E-state index is 0.346. The second kappa shape index (κ2) is 7.01. The number of thioether (sulfide) groups is 1. The fraction of sp³-hybridized carbons (Fsp3) is 0.538. The van der Waals surface area contributed by atoms with E-state index < -0.39 is 0 Å². The molecule has 2 N–H and O–H groups in total. The first-order valence-electron chi connectivity index (χ1n) is 6.21. The van der Waals surface area contributed by atoms with Crippen LogP contribution in [0.4, 0.5) is 0 Å². The molecular formula is C13H18Cl2N2S. The highest BCUT2D eigenvalue weighted by molar-refractivity contribution is 7.99. The molecule has 1 unspecified atom stereocenters. The maximum absolute atomic E-state index is 6.13. The standard InChI is InChI=1S/C13H18Cl2N2S/c14-10-3-4-12(15)13(8-10)18-7-6-17-5-1-2-11(16)9-17/h3-4,8,11H,1-2,5-7,9,16H2. The Morgan fingerprint density at radius 3 is 3.00 bits per heavy atom. The number of rotatable bonds is 4. The monoisotopic (exact) mass is 304 g/mol. The second-order valence-electron chi connectivity index (χ2n) is 4.63. The SMILES string of the molecule is NC1CCCN(CCSc2cc(Cl)ccc2Cl)C1. The van der Waals surface area contributed by atoms with Crippen LogP contribution in [0.5, 0.6) is 0 Å². The largest absolute Gasteiger partial charge is 0.327 e. The van der Waals surface area contributed by atoms with Gasteiger partial charge in [-0.15, -0.1) is 11.8 Å². The van der Waals surface area contributed by atoms with E-state index in [4.69, 9.17) is 28.9 Å². The van der Waals surface area contributed by atoms with E-state index in [1.54, 1.807) is 11.8 Å². The van der Waals surface area contributed by atoms with Crippen LogP contribution in [-0.2, 0) is 0 Å². The van der Waals surface area contributed by atoms with E-state index in [-0.39, 0.29) is 0 Å². The molecule has 0 spiro atoms. The van der Waals surface area contributed by atoms with Crippen molar-refractivity contribution in [2.24, 2.45) is 5.73 Å². The van der Waals surface area contributed by atoms with Crippen molar-refractivity contribution in [1.29, 1.82) is 0 Å². The minimum atomic E-state index is 0.346. The number of piperidine rings is 1. The lowest BCUT2D eigenvalue weighted by Crippen LogP contribution is -2.43. The van der Waals surface area contributed by atoms with Crippen LogP contribution in [-0.4, -0.2) is 36.3 Å².